The summed E-state index contributed by atoms with van der Waals surface area (Å²) >= 11 is 5.41. The number of carbonyl (C=O) groups is 1. The van der Waals surface area contributed by atoms with E-state index in [-0.39, 0.29) is 5.91 Å². The van der Waals surface area contributed by atoms with Crippen molar-refractivity contribution in [3.8, 4) is 0 Å². The van der Waals surface area contributed by atoms with Crippen LogP contribution in [0, 0.1) is 0 Å². The van der Waals surface area contributed by atoms with E-state index in [4.69, 9.17) is 0 Å². The van der Waals surface area contributed by atoms with Gasteiger partial charge in [0.25, 0.3) is 5.91 Å². The normalized spacial score (nSPS) is 19.3. The molecule has 0 saturated carbocycles. The Morgan fingerprint density at radius 2 is 2.00 bits per heavy atom. The number of benzene rings is 2. The Hall–Kier alpha value is -1.00. The summed E-state index contributed by atoms with van der Waals surface area (Å²) < 4.78 is 1.06. The number of nitrogens with zero attached hydrogens (tertiary/aromatic N) is 1. The highest BCUT2D eigenvalue weighted by atomic mass is 79.9. The lowest BCUT2D eigenvalue weighted by Crippen LogP contribution is -2.41. The van der Waals surface area contributed by atoms with E-state index in [1.165, 1.54) is 0 Å². The average Bonchev–Trinajstić information content (AvgIpc) is 2.46. The van der Waals surface area contributed by atoms with Crippen molar-refractivity contribution in [2.45, 2.75) is 12.2 Å². The maximum Gasteiger partial charge on any atom is 0.253 e. The number of rotatable bonds is 1. The quantitative estimate of drug-likeness (QED) is 0.769. The minimum atomic E-state index is 0.155. The summed E-state index contributed by atoms with van der Waals surface area (Å²) in [6.07, 6.45) is 0. The molecule has 104 valence electrons. The van der Waals surface area contributed by atoms with Crippen LogP contribution in [0.4, 0.5) is 0 Å². The summed E-state index contributed by atoms with van der Waals surface area (Å²) in [6, 6.07) is 12.1. The minimum absolute atomic E-state index is 0.155. The SMILES string of the molecule is CC1CN(C(=O)c2ccc3cc(Br)ccc3c2)CCS1. The number of halogens is 1. The van der Waals surface area contributed by atoms with Gasteiger partial charge in [-0.2, -0.15) is 11.8 Å². The van der Waals surface area contributed by atoms with Crippen molar-refractivity contribution >= 4 is 44.4 Å². The predicted octanol–water partition coefficient (Wildman–Crippen LogP) is 4.18. The van der Waals surface area contributed by atoms with Crippen molar-refractivity contribution in [2.24, 2.45) is 0 Å². The maximum absolute atomic E-state index is 12.6. The number of thioether (sulfide) groups is 1. The van der Waals surface area contributed by atoms with E-state index in [2.05, 4.69) is 28.9 Å². The lowest BCUT2D eigenvalue weighted by Gasteiger charge is -2.30. The number of amides is 1. The number of hydrogen-bond donors (Lipinski definition) is 0. The molecule has 0 radical (unpaired) electrons. The largest absolute Gasteiger partial charge is 0.337 e. The fourth-order valence-corrected chi connectivity index (χ4v) is 3.93. The highest BCUT2D eigenvalue weighted by Crippen LogP contribution is 2.23. The maximum atomic E-state index is 12.6. The Morgan fingerprint density at radius 1 is 1.25 bits per heavy atom. The molecule has 2 aromatic carbocycles. The van der Waals surface area contributed by atoms with Gasteiger partial charge in [-0.05, 0) is 35.0 Å². The second-order valence-corrected chi connectivity index (χ2v) is 7.60. The van der Waals surface area contributed by atoms with Crippen LogP contribution in [0.3, 0.4) is 0 Å². The van der Waals surface area contributed by atoms with Gasteiger partial charge in [-0.15, -0.1) is 0 Å². The van der Waals surface area contributed by atoms with Crippen molar-refractivity contribution in [1.29, 1.82) is 0 Å². The summed E-state index contributed by atoms with van der Waals surface area (Å²) in [7, 11) is 0. The third-order valence-electron chi connectivity index (χ3n) is 3.58. The zero-order valence-electron chi connectivity index (χ0n) is 11.3. The molecule has 1 aliphatic heterocycles. The molecular weight excluding hydrogens is 334 g/mol. The summed E-state index contributed by atoms with van der Waals surface area (Å²) in [5.74, 6) is 1.19. The van der Waals surface area contributed by atoms with Gasteiger partial charge in [-0.25, -0.2) is 0 Å². The molecule has 0 spiro atoms. The van der Waals surface area contributed by atoms with Crippen LogP contribution in [-0.2, 0) is 0 Å². The molecule has 20 heavy (non-hydrogen) atoms. The molecule has 3 rings (SSSR count). The third kappa shape index (κ3) is 2.86. The van der Waals surface area contributed by atoms with Gasteiger partial charge in [0.2, 0.25) is 0 Å². The lowest BCUT2D eigenvalue weighted by molar-refractivity contribution is 0.0763. The van der Waals surface area contributed by atoms with Gasteiger partial charge in [0.05, 0.1) is 0 Å². The smallest absolute Gasteiger partial charge is 0.253 e. The van der Waals surface area contributed by atoms with E-state index in [0.29, 0.717) is 5.25 Å². The van der Waals surface area contributed by atoms with Crippen molar-refractivity contribution < 1.29 is 4.79 Å². The van der Waals surface area contributed by atoms with E-state index < -0.39 is 0 Å². The molecule has 0 aromatic heterocycles. The average molecular weight is 350 g/mol. The van der Waals surface area contributed by atoms with Crippen LogP contribution in [0.5, 0.6) is 0 Å². The molecule has 0 bridgehead atoms. The number of fused-ring (bicyclic) bond motifs is 1. The highest BCUT2D eigenvalue weighted by Gasteiger charge is 2.22. The Balaban J connectivity index is 1.89. The van der Waals surface area contributed by atoms with Gasteiger partial charge in [0.15, 0.2) is 0 Å². The zero-order valence-corrected chi connectivity index (χ0v) is 13.7. The van der Waals surface area contributed by atoms with E-state index in [9.17, 15) is 4.79 Å². The van der Waals surface area contributed by atoms with Gasteiger partial charge < -0.3 is 4.90 Å². The second-order valence-electron chi connectivity index (χ2n) is 5.14. The van der Waals surface area contributed by atoms with Gasteiger partial charge in [0, 0.05) is 34.1 Å². The Labute approximate surface area is 131 Å². The van der Waals surface area contributed by atoms with E-state index in [1.807, 2.05) is 47.0 Å². The van der Waals surface area contributed by atoms with E-state index in [0.717, 1.165) is 39.7 Å². The molecular formula is C16H16BrNOS. The zero-order chi connectivity index (χ0) is 14.1. The minimum Gasteiger partial charge on any atom is -0.337 e. The Morgan fingerprint density at radius 3 is 2.80 bits per heavy atom. The van der Waals surface area contributed by atoms with Crippen LogP contribution < -0.4 is 0 Å². The van der Waals surface area contributed by atoms with Crippen molar-refractivity contribution in [3.05, 3.63) is 46.4 Å². The fraction of sp³-hybridized carbons (Fsp3) is 0.312. The molecule has 1 heterocycles. The van der Waals surface area contributed by atoms with Gasteiger partial charge >= 0.3 is 0 Å². The van der Waals surface area contributed by atoms with Crippen LogP contribution in [0.2, 0.25) is 0 Å². The molecule has 2 aromatic rings. The van der Waals surface area contributed by atoms with Crippen LogP contribution in [0.1, 0.15) is 17.3 Å². The highest BCUT2D eigenvalue weighted by molar-refractivity contribution is 9.10. The molecule has 1 fully saturated rings. The summed E-state index contributed by atoms with van der Waals surface area (Å²) in [4.78, 5) is 14.5. The Bertz CT molecular complexity index is 658. The Kier molecular flexibility index (Phi) is 4.03. The molecule has 1 aliphatic rings. The van der Waals surface area contributed by atoms with Gasteiger partial charge in [-0.3, -0.25) is 4.79 Å². The van der Waals surface area contributed by atoms with Crippen molar-refractivity contribution in [1.82, 2.24) is 4.90 Å². The van der Waals surface area contributed by atoms with Crippen molar-refractivity contribution in [2.75, 3.05) is 18.8 Å². The third-order valence-corrected chi connectivity index (χ3v) is 5.21. The first-order valence-electron chi connectivity index (χ1n) is 6.74. The van der Waals surface area contributed by atoms with Crippen LogP contribution in [0.15, 0.2) is 40.9 Å². The first-order valence-corrected chi connectivity index (χ1v) is 8.58. The van der Waals surface area contributed by atoms with Crippen LogP contribution in [-0.4, -0.2) is 34.9 Å². The summed E-state index contributed by atoms with van der Waals surface area (Å²) in [5, 5.41) is 2.79. The molecule has 1 unspecified atom stereocenters. The molecule has 0 N–H and O–H groups in total. The van der Waals surface area contributed by atoms with Gasteiger partial charge in [-0.1, -0.05) is 35.0 Å². The molecule has 0 aliphatic carbocycles. The molecule has 4 heteroatoms. The van der Waals surface area contributed by atoms with Gasteiger partial charge in [0.1, 0.15) is 0 Å². The monoisotopic (exact) mass is 349 g/mol. The first-order chi connectivity index (χ1) is 9.63. The van der Waals surface area contributed by atoms with Crippen LogP contribution in [0.25, 0.3) is 10.8 Å². The molecule has 1 amide bonds. The van der Waals surface area contributed by atoms with E-state index in [1.54, 1.807) is 0 Å². The molecule has 2 nitrogen and oxygen atoms in total. The summed E-state index contributed by atoms with van der Waals surface area (Å²) in [6.45, 7) is 3.89. The predicted molar refractivity (Wildman–Crippen MR) is 89.5 cm³/mol. The molecule has 1 atom stereocenters. The van der Waals surface area contributed by atoms with Crippen LogP contribution >= 0.6 is 27.7 Å². The first kappa shape index (κ1) is 14.0. The van der Waals surface area contributed by atoms with Crippen molar-refractivity contribution in [3.63, 3.8) is 0 Å². The summed E-state index contributed by atoms with van der Waals surface area (Å²) in [5.41, 5.74) is 0.791. The topological polar surface area (TPSA) is 20.3 Å². The number of hydrogen-bond acceptors (Lipinski definition) is 2. The molecule has 1 saturated heterocycles. The lowest BCUT2D eigenvalue weighted by atomic mass is 10.1. The second kappa shape index (κ2) is 5.78. The van der Waals surface area contributed by atoms with E-state index >= 15 is 0 Å². The number of carbonyl (C=O) groups excluding carboxylic acids is 1. The standard InChI is InChI=1S/C16H16BrNOS/c1-11-10-18(6-7-20-11)16(19)14-3-2-13-9-15(17)5-4-12(13)8-14/h2-5,8-9,11H,6-7,10H2,1H3. The fourth-order valence-electron chi connectivity index (χ4n) is 2.54.